The van der Waals surface area contributed by atoms with Crippen LogP contribution < -0.4 is 5.43 Å². The number of hydrogen-bond acceptors (Lipinski definition) is 6. The fraction of sp³-hybridized carbons (Fsp3) is 0.111. The molecule has 8 heteroatoms. The molecule has 0 atom stereocenters. The highest BCUT2D eigenvalue weighted by Crippen LogP contribution is 2.21. The highest BCUT2D eigenvalue weighted by Gasteiger charge is 2.12. The fourth-order valence-corrected chi connectivity index (χ4v) is 1.01. The maximum absolute atomic E-state index is 10.7. The van der Waals surface area contributed by atoms with E-state index in [2.05, 4.69) is 9.84 Å². The van der Waals surface area contributed by atoms with Crippen LogP contribution in [0.25, 0.3) is 0 Å². The Kier molecular flexibility index (Phi) is 3.98. The van der Waals surface area contributed by atoms with Crippen molar-refractivity contribution in [2.75, 3.05) is 7.11 Å². The average molecular weight is 239 g/mol. The maximum atomic E-state index is 10.7. The molecule has 17 heavy (non-hydrogen) atoms. The van der Waals surface area contributed by atoms with Crippen molar-refractivity contribution in [2.24, 2.45) is 5.10 Å². The number of hydrazone groups is 1. The molecule has 90 valence electrons. The number of nitro groups is 1. The summed E-state index contributed by atoms with van der Waals surface area (Å²) in [5.41, 5.74) is 1.79. The summed E-state index contributed by atoms with van der Waals surface area (Å²) >= 11 is 0. The number of nitrogens with one attached hydrogen (secondary N) is 1. The van der Waals surface area contributed by atoms with Crippen LogP contribution in [0.15, 0.2) is 23.3 Å². The molecule has 0 aromatic heterocycles. The van der Waals surface area contributed by atoms with Gasteiger partial charge in [-0.15, -0.1) is 0 Å². The number of amides is 1. The summed E-state index contributed by atoms with van der Waals surface area (Å²) in [6.45, 7) is 0. The molecule has 2 N–H and O–H groups in total. The van der Waals surface area contributed by atoms with E-state index in [-0.39, 0.29) is 17.0 Å². The fourth-order valence-electron chi connectivity index (χ4n) is 1.01. The number of carbonyl (C=O) groups excluding carboxylic acids is 1. The van der Waals surface area contributed by atoms with E-state index in [1.807, 2.05) is 5.43 Å². The summed E-state index contributed by atoms with van der Waals surface area (Å²) in [7, 11) is 1.15. The van der Waals surface area contributed by atoms with Crippen LogP contribution in [-0.2, 0) is 4.74 Å². The molecule has 1 aromatic rings. The van der Waals surface area contributed by atoms with E-state index in [4.69, 9.17) is 0 Å². The van der Waals surface area contributed by atoms with Gasteiger partial charge in [0, 0.05) is 6.07 Å². The van der Waals surface area contributed by atoms with E-state index in [1.165, 1.54) is 6.07 Å². The molecule has 0 bridgehead atoms. The summed E-state index contributed by atoms with van der Waals surface area (Å²) in [5.74, 6) is -0.143. The topological polar surface area (TPSA) is 114 Å². The minimum absolute atomic E-state index is 0.0615. The molecule has 0 aliphatic carbocycles. The van der Waals surface area contributed by atoms with Gasteiger partial charge in [0.1, 0.15) is 5.75 Å². The van der Waals surface area contributed by atoms with Crippen LogP contribution in [0.5, 0.6) is 5.75 Å². The third-order valence-electron chi connectivity index (χ3n) is 1.75. The second-order valence-electron chi connectivity index (χ2n) is 2.86. The van der Waals surface area contributed by atoms with Crippen LogP contribution in [0.4, 0.5) is 10.5 Å². The zero-order valence-electron chi connectivity index (χ0n) is 8.78. The lowest BCUT2D eigenvalue weighted by Crippen LogP contribution is -2.16. The van der Waals surface area contributed by atoms with E-state index >= 15 is 0 Å². The van der Waals surface area contributed by atoms with Crippen LogP contribution in [-0.4, -0.2) is 29.4 Å². The number of phenolic OH excluding ortho intramolecular Hbond substituents is 1. The van der Waals surface area contributed by atoms with Gasteiger partial charge in [-0.3, -0.25) is 10.1 Å². The normalized spacial score (nSPS) is 10.2. The van der Waals surface area contributed by atoms with Crippen molar-refractivity contribution in [1.82, 2.24) is 5.43 Å². The predicted molar refractivity (Wildman–Crippen MR) is 57.9 cm³/mol. The first-order chi connectivity index (χ1) is 8.04. The molecule has 1 amide bonds. The molecule has 0 saturated carbocycles. The Morgan fingerprint density at radius 3 is 2.94 bits per heavy atom. The van der Waals surface area contributed by atoms with Gasteiger partial charge >= 0.3 is 6.09 Å². The van der Waals surface area contributed by atoms with Crippen molar-refractivity contribution in [2.45, 2.75) is 0 Å². The van der Waals surface area contributed by atoms with Gasteiger partial charge < -0.3 is 9.84 Å². The Morgan fingerprint density at radius 1 is 1.65 bits per heavy atom. The largest absolute Gasteiger partial charge is 0.508 e. The van der Waals surface area contributed by atoms with Gasteiger partial charge in [0.05, 0.1) is 23.8 Å². The molecule has 0 fully saturated rings. The smallest absolute Gasteiger partial charge is 0.427 e. The molecular weight excluding hydrogens is 230 g/mol. The number of hydrogen-bond donors (Lipinski definition) is 2. The van der Waals surface area contributed by atoms with Crippen molar-refractivity contribution < 1.29 is 19.6 Å². The number of phenols is 1. The lowest BCUT2D eigenvalue weighted by atomic mass is 10.2. The standard InChI is InChI=1S/C9H9N3O5/c1-17-9(14)11-10-5-6-4-7(13)2-3-8(6)12(15)16/h2-5,13H,1H3,(H,11,14)/b10-5-. The van der Waals surface area contributed by atoms with Gasteiger partial charge in [0.25, 0.3) is 5.69 Å². The minimum Gasteiger partial charge on any atom is -0.508 e. The van der Waals surface area contributed by atoms with E-state index in [9.17, 15) is 20.0 Å². The molecule has 0 heterocycles. The van der Waals surface area contributed by atoms with Crippen molar-refractivity contribution in [3.05, 3.63) is 33.9 Å². The Labute approximate surface area is 95.7 Å². The zero-order chi connectivity index (χ0) is 12.8. The number of rotatable bonds is 3. The number of benzene rings is 1. The molecule has 1 rings (SSSR count). The first kappa shape index (κ1) is 12.4. The minimum atomic E-state index is -0.802. The number of aromatic hydroxyl groups is 1. The van der Waals surface area contributed by atoms with Crippen molar-refractivity contribution >= 4 is 18.0 Å². The first-order valence-corrected chi connectivity index (χ1v) is 4.39. The molecule has 0 aliphatic heterocycles. The van der Waals surface area contributed by atoms with Crippen LogP contribution in [0.3, 0.4) is 0 Å². The lowest BCUT2D eigenvalue weighted by Gasteiger charge is -1.98. The van der Waals surface area contributed by atoms with Gasteiger partial charge in [-0.1, -0.05) is 0 Å². The van der Waals surface area contributed by atoms with Crippen LogP contribution in [0, 0.1) is 10.1 Å². The van der Waals surface area contributed by atoms with Gasteiger partial charge in [-0.05, 0) is 12.1 Å². The van der Waals surface area contributed by atoms with Crippen LogP contribution in [0.1, 0.15) is 5.56 Å². The van der Waals surface area contributed by atoms with Crippen molar-refractivity contribution in [1.29, 1.82) is 0 Å². The maximum Gasteiger partial charge on any atom is 0.427 e. The monoisotopic (exact) mass is 239 g/mol. The second-order valence-corrected chi connectivity index (χ2v) is 2.86. The summed E-state index contributed by atoms with van der Waals surface area (Å²) < 4.78 is 4.24. The molecule has 0 aliphatic rings. The molecule has 0 unspecified atom stereocenters. The summed E-state index contributed by atoms with van der Waals surface area (Å²) in [6, 6.07) is 3.47. The predicted octanol–water partition coefficient (Wildman–Crippen LogP) is 0.990. The second kappa shape index (κ2) is 5.45. The SMILES string of the molecule is COC(=O)N/N=C\c1cc(O)ccc1[N+](=O)[O-]. The number of methoxy groups -OCH3 is 1. The Balaban J connectivity index is 2.92. The van der Waals surface area contributed by atoms with Crippen LogP contribution >= 0.6 is 0 Å². The van der Waals surface area contributed by atoms with Crippen LogP contribution in [0.2, 0.25) is 0 Å². The molecule has 8 nitrogen and oxygen atoms in total. The number of nitro benzene ring substituents is 1. The Bertz CT molecular complexity index is 472. The molecular formula is C9H9N3O5. The summed E-state index contributed by atoms with van der Waals surface area (Å²) in [5, 5.41) is 23.2. The average Bonchev–Trinajstić information content (AvgIpc) is 2.28. The quantitative estimate of drug-likeness (QED) is 0.463. The summed E-state index contributed by atoms with van der Waals surface area (Å²) in [6.07, 6.45) is 0.235. The number of carbonyl (C=O) groups is 1. The van der Waals surface area contributed by atoms with E-state index < -0.39 is 11.0 Å². The molecule has 0 saturated heterocycles. The van der Waals surface area contributed by atoms with Crippen molar-refractivity contribution in [3.63, 3.8) is 0 Å². The number of ether oxygens (including phenoxy) is 1. The first-order valence-electron chi connectivity index (χ1n) is 4.39. The van der Waals surface area contributed by atoms with Gasteiger partial charge in [-0.25, -0.2) is 10.2 Å². The Hall–Kier alpha value is -2.64. The van der Waals surface area contributed by atoms with Gasteiger partial charge in [0.2, 0.25) is 0 Å². The molecule has 0 radical (unpaired) electrons. The highest BCUT2D eigenvalue weighted by molar-refractivity contribution is 5.86. The number of nitrogens with zero attached hydrogens (tertiary/aromatic N) is 2. The third-order valence-corrected chi connectivity index (χ3v) is 1.75. The van der Waals surface area contributed by atoms with Crippen molar-refractivity contribution in [3.8, 4) is 5.75 Å². The van der Waals surface area contributed by atoms with E-state index in [0.29, 0.717) is 0 Å². The van der Waals surface area contributed by atoms with Gasteiger partial charge in [-0.2, -0.15) is 5.10 Å². The molecule has 1 aromatic carbocycles. The zero-order valence-corrected chi connectivity index (χ0v) is 8.78. The lowest BCUT2D eigenvalue weighted by molar-refractivity contribution is -0.385. The van der Waals surface area contributed by atoms with Gasteiger partial charge in [0.15, 0.2) is 0 Å². The molecule has 0 spiro atoms. The van der Waals surface area contributed by atoms with E-state index in [1.54, 1.807) is 0 Å². The summed E-state index contributed by atoms with van der Waals surface area (Å²) in [4.78, 5) is 20.7. The van der Waals surface area contributed by atoms with E-state index in [0.717, 1.165) is 25.5 Å². The highest BCUT2D eigenvalue weighted by atomic mass is 16.6. The Morgan fingerprint density at radius 2 is 2.35 bits per heavy atom. The third kappa shape index (κ3) is 3.45.